The Morgan fingerprint density at radius 3 is 2.69 bits per heavy atom. The Labute approximate surface area is 166 Å². The zero-order chi connectivity index (χ0) is 20.6. The quantitative estimate of drug-likeness (QED) is 0.320. The number of nitro groups is 1. The highest BCUT2D eigenvalue weighted by atomic mass is 16.6. The Bertz CT molecular complexity index is 1000. The lowest BCUT2D eigenvalue weighted by atomic mass is 10.2. The number of aryl methyl sites for hydroxylation is 1. The van der Waals surface area contributed by atoms with E-state index >= 15 is 0 Å². The number of para-hydroxylation sites is 3. The van der Waals surface area contributed by atoms with Crippen LogP contribution in [-0.2, 0) is 6.61 Å². The van der Waals surface area contributed by atoms with Crippen molar-refractivity contribution >= 4 is 17.3 Å². The van der Waals surface area contributed by atoms with Gasteiger partial charge in [0.15, 0.2) is 6.61 Å². The number of nitrogens with one attached hydrogen (secondary N) is 2. The fourth-order valence-electron chi connectivity index (χ4n) is 2.57. The number of anilines is 1. The van der Waals surface area contributed by atoms with Crippen LogP contribution in [-0.4, -0.2) is 34.1 Å². The zero-order valence-electron chi connectivity index (χ0n) is 15.6. The van der Waals surface area contributed by atoms with Crippen LogP contribution < -0.4 is 15.4 Å². The molecule has 2 N–H and O–H groups in total. The molecule has 0 spiro atoms. The molecule has 0 aliphatic carbocycles. The first-order chi connectivity index (χ1) is 14.0. The van der Waals surface area contributed by atoms with Crippen molar-refractivity contribution in [2.45, 2.75) is 13.5 Å². The minimum absolute atomic E-state index is 0.0192. The number of amides is 1. The molecule has 3 aromatic rings. The van der Waals surface area contributed by atoms with Gasteiger partial charge in [-0.05, 0) is 18.2 Å². The molecule has 0 fully saturated rings. The molecule has 150 valence electrons. The monoisotopic (exact) mass is 397 g/mol. The first-order valence-electron chi connectivity index (χ1n) is 8.81. The molecule has 0 aliphatic rings. The minimum atomic E-state index is -0.459. The van der Waals surface area contributed by atoms with E-state index in [1.54, 1.807) is 49.4 Å². The summed E-state index contributed by atoms with van der Waals surface area (Å²) in [6.07, 6.45) is 0. The number of hydrogen-bond acceptors (Lipinski definition) is 8. The molecule has 0 aliphatic heterocycles. The van der Waals surface area contributed by atoms with E-state index in [-0.39, 0.29) is 24.7 Å². The maximum atomic E-state index is 12.5. The number of hydrogen-bond donors (Lipinski definition) is 2. The maximum absolute atomic E-state index is 12.5. The summed E-state index contributed by atoms with van der Waals surface area (Å²) in [7, 11) is 0. The van der Waals surface area contributed by atoms with Crippen LogP contribution in [0.3, 0.4) is 0 Å². The SMILES string of the molecule is Cc1nc(COc2ccccc2C(=O)NCCNc2ccccc2[N+](=O)[O-])no1. The van der Waals surface area contributed by atoms with E-state index in [2.05, 4.69) is 20.8 Å². The van der Waals surface area contributed by atoms with Crippen molar-refractivity contribution in [3.05, 3.63) is 75.9 Å². The van der Waals surface area contributed by atoms with Gasteiger partial charge in [0.2, 0.25) is 11.7 Å². The summed E-state index contributed by atoms with van der Waals surface area (Å²) in [5, 5.41) is 20.5. The first kappa shape index (κ1) is 19.8. The van der Waals surface area contributed by atoms with Crippen molar-refractivity contribution in [2.24, 2.45) is 0 Å². The maximum Gasteiger partial charge on any atom is 0.292 e. The number of nitro benzene ring substituents is 1. The van der Waals surface area contributed by atoms with Gasteiger partial charge in [0.05, 0.1) is 10.5 Å². The van der Waals surface area contributed by atoms with E-state index in [1.165, 1.54) is 6.07 Å². The second-order valence-corrected chi connectivity index (χ2v) is 5.97. The van der Waals surface area contributed by atoms with Crippen molar-refractivity contribution in [3.8, 4) is 5.75 Å². The lowest BCUT2D eigenvalue weighted by molar-refractivity contribution is -0.384. The van der Waals surface area contributed by atoms with Gasteiger partial charge in [-0.1, -0.05) is 29.4 Å². The molecule has 2 aromatic carbocycles. The Kier molecular flexibility index (Phi) is 6.36. The van der Waals surface area contributed by atoms with Gasteiger partial charge in [-0.15, -0.1) is 0 Å². The highest BCUT2D eigenvalue weighted by Gasteiger charge is 2.14. The first-order valence-corrected chi connectivity index (χ1v) is 8.81. The third-order valence-electron chi connectivity index (χ3n) is 3.88. The van der Waals surface area contributed by atoms with E-state index in [1.807, 2.05) is 0 Å². The van der Waals surface area contributed by atoms with Gasteiger partial charge in [0.1, 0.15) is 11.4 Å². The predicted molar refractivity (Wildman–Crippen MR) is 104 cm³/mol. The highest BCUT2D eigenvalue weighted by Crippen LogP contribution is 2.22. The van der Waals surface area contributed by atoms with Gasteiger partial charge in [0.25, 0.3) is 11.6 Å². The van der Waals surface area contributed by atoms with E-state index in [4.69, 9.17) is 9.26 Å². The average Bonchev–Trinajstić information content (AvgIpc) is 3.15. The molecule has 29 heavy (non-hydrogen) atoms. The molecule has 1 amide bonds. The van der Waals surface area contributed by atoms with Gasteiger partial charge in [0, 0.05) is 26.1 Å². The molecule has 1 aromatic heterocycles. The second-order valence-electron chi connectivity index (χ2n) is 5.97. The van der Waals surface area contributed by atoms with Gasteiger partial charge in [-0.3, -0.25) is 14.9 Å². The van der Waals surface area contributed by atoms with Crippen LogP contribution >= 0.6 is 0 Å². The second kappa shape index (κ2) is 9.31. The summed E-state index contributed by atoms with van der Waals surface area (Å²) in [6, 6.07) is 13.1. The number of benzene rings is 2. The number of carbonyl (C=O) groups is 1. The van der Waals surface area contributed by atoms with Crippen LogP contribution in [0.25, 0.3) is 0 Å². The molecule has 1 heterocycles. The Hall–Kier alpha value is -3.95. The van der Waals surface area contributed by atoms with Gasteiger partial charge < -0.3 is 19.9 Å². The summed E-state index contributed by atoms with van der Waals surface area (Å²) in [4.78, 5) is 27.1. The normalized spacial score (nSPS) is 10.4. The Morgan fingerprint density at radius 2 is 1.93 bits per heavy atom. The molecule has 0 saturated heterocycles. The van der Waals surface area contributed by atoms with Crippen molar-refractivity contribution in [3.63, 3.8) is 0 Å². The van der Waals surface area contributed by atoms with Crippen LogP contribution in [0, 0.1) is 17.0 Å². The standard InChI is InChI=1S/C19H19N5O5/c1-13-22-18(23-29-13)12-28-17-9-5-2-6-14(17)19(25)21-11-10-20-15-7-3-4-8-16(15)24(26)27/h2-9,20H,10-12H2,1H3,(H,21,25). The lowest BCUT2D eigenvalue weighted by Crippen LogP contribution is -2.29. The fraction of sp³-hybridized carbons (Fsp3) is 0.211. The number of ether oxygens (including phenoxy) is 1. The molecule has 10 heteroatoms. The summed E-state index contributed by atoms with van der Waals surface area (Å²) in [6.45, 7) is 2.34. The van der Waals surface area contributed by atoms with Crippen molar-refractivity contribution in [1.82, 2.24) is 15.5 Å². The highest BCUT2D eigenvalue weighted by molar-refractivity contribution is 5.96. The summed E-state index contributed by atoms with van der Waals surface area (Å²) < 4.78 is 10.5. The average molecular weight is 397 g/mol. The van der Waals surface area contributed by atoms with E-state index in [0.29, 0.717) is 35.3 Å². The predicted octanol–water partition coefficient (Wildman–Crippen LogP) is 2.71. The molecule has 0 unspecified atom stereocenters. The van der Waals surface area contributed by atoms with Gasteiger partial charge in [-0.25, -0.2) is 0 Å². The van der Waals surface area contributed by atoms with Crippen LogP contribution in [0.15, 0.2) is 53.1 Å². The van der Waals surface area contributed by atoms with Gasteiger partial charge >= 0.3 is 0 Å². The number of nitrogens with zero attached hydrogens (tertiary/aromatic N) is 3. The number of rotatable bonds is 9. The molecule has 0 bridgehead atoms. The summed E-state index contributed by atoms with van der Waals surface area (Å²) >= 11 is 0. The third kappa shape index (κ3) is 5.28. The molecule has 0 saturated carbocycles. The van der Waals surface area contributed by atoms with E-state index < -0.39 is 4.92 Å². The van der Waals surface area contributed by atoms with E-state index in [9.17, 15) is 14.9 Å². The molecular formula is C19H19N5O5. The number of aromatic nitrogens is 2. The minimum Gasteiger partial charge on any atom is -0.485 e. The van der Waals surface area contributed by atoms with Crippen molar-refractivity contribution < 1.29 is 19.0 Å². The smallest absolute Gasteiger partial charge is 0.292 e. The molecule has 3 rings (SSSR count). The molecule has 0 radical (unpaired) electrons. The van der Waals surface area contributed by atoms with Crippen LogP contribution in [0.1, 0.15) is 22.1 Å². The topological polar surface area (TPSA) is 132 Å². The largest absolute Gasteiger partial charge is 0.485 e. The lowest BCUT2D eigenvalue weighted by Gasteiger charge is -2.11. The summed E-state index contributed by atoms with van der Waals surface area (Å²) in [5.41, 5.74) is 0.735. The van der Waals surface area contributed by atoms with Crippen LogP contribution in [0.2, 0.25) is 0 Å². The van der Waals surface area contributed by atoms with Crippen molar-refractivity contribution in [1.29, 1.82) is 0 Å². The van der Waals surface area contributed by atoms with Crippen molar-refractivity contribution in [2.75, 3.05) is 18.4 Å². The third-order valence-corrected chi connectivity index (χ3v) is 3.88. The molecular weight excluding hydrogens is 378 g/mol. The van der Waals surface area contributed by atoms with Crippen LogP contribution in [0.4, 0.5) is 11.4 Å². The number of carbonyl (C=O) groups excluding carboxylic acids is 1. The molecule has 0 atom stereocenters. The Morgan fingerprint density at radius 1 is 1.17 bits per heavy atom. The summed E-state index contributed by atoms with van der Waals surface area (Å²) in [5.74, 6) is 0.875. The zero-order valence-corrected chi connectivity index (χ0v) is 15.6. The van der Waals surface area contributed by atoms with Gasteiger partial charge in [-0.2, -0.15) is 4.98 Å². The Balaban J connectivity index is 1.54. The van der Waals surface area contributed by atoms with Crippen LogP contribution in [0.5, 0.6) is 5.75 Å². The molecule has 10 nitrogen and oxygen atoms in total. The van der Waals surface area contributed by atoms with E-state index in [0.717, 1.165) is 0 Å². The fourth-order valence-corrected chi connectivity index (χ4v) is 2.57.